The molecule has 0 aliphatic carbocycles. The smallest absolute Gasteiger partial charge is 0.262 e. The number of fused-ring (bicyclic) bond motifs is 4. The predicted molar refractivity (Wildman–Crippen MR) is 87.1 cm³/mol. The summed E-state index contributed by atoms with van der Waals surface area (Å²) in [4.78, 5) is 17.0. The van der Waals surface area contributed by atoms with Crippen molar-refractivity contribution < 1.29 is 0 Å². The molecule has 0 saturated carbocycles. The summed E-state index contributed by atoms with van der Waals surface area (Å²) in [5.41, 5.74) is 1.74. The molecule has 5 heteroatoms. The molecule has 2 aliphatic heterocycles. The zero-order valence-corrected chi connectivity index (χ0v) is 13.3. The Balaban J connectivity index is 1.90. The highest BCUT2D eigenvalue weighted by Gasteiger charge is 2.43. The molecule has 2 aromatic heterocycles. The molecular formula is C16H17BrN3O+. The van der Waals surface area contributed by atoms with Gasteiger partial charge in [0.05, 0.1) is 13.1 Å². The summed E-state index contributed by atoms with van der Waals surface area (Å²) >= 11 is 3.87. The third kappa shape index (κ3) is 2.07. The fraction of sp³-hybridized carbons (Fsp3) is 0.375. The summed E-state index contributed by atoms with van der Waals surface area (Å²) in [6.07, 6.45) is 5.92. The molecule has 2 atom stereocenters. The van der Waals surface area contributed by atoms with E-state index >= 15 is 0 Å². The van der Waals surface area contributed by atoms with Crippen LogP contribution in [-0.2, 0) is 6.54 Å². The van der Waals surface area contributed by atoms with Gasteiger partial charge >= 0.3 is 0 Å². The Bertz CT molecular complexity index is 743. The minimum atomic E-state index is 0.106. The van der Waals surface area contributed by atoms with Gasteiger partial charge in [-0.3, -0.25) is 14.3 Å². The van der Waals surface area contributed by atoms with Gasteiger partial charge in [-0.25, -0.2) is 3.51 Å². The monoisotopic (exact) mass is 346 g/mol. The van der Waals surface area contributed by atoms with Crippen molar-refractivity contribution in [3.63, 3.8) is 0 Å². The molecule has 1 saturated heterocycles. The molecule has 2 unspecified atom stereocenters. The molecule has 4 nitrogen and oxygen atoms in total. The molecule has 1 fully saturated rings. The Kier molecular flexibility index (Phi) is 3.01. The first-order valence-electron chi connectivity index (χ1n) is 7.39. The van der Waals surface area contributed by atoms with Crippen LogP contribution in [0.4, 0.5) is 5.82 Å². The lowest BCUT2D eigenvalue weighted by molar-refractivity contribution is 0.220. The Labute approximate surface area is 132 Å². The number of aromatic nitrogens is 2. The van der Waals surface area contributed by atoms with E-state index in [2.05, 4.69) is 27.2 Å². The first-order chi connectivity index (χ1) is 10.2. The van der Waals surface area contributed by atoms with Crippen LogP contribution in [0.2, 0.25) is 0 Å². The van der Waals surface area contributed by atoms with Crippen molar-refractivity contribution in [1.82, 2.24) is 13.1 Å². The molecule has 0 amide bonds. The molecule has 4 heterocycles. The van der Waals surface area contributed by atoms with Gasteiger partial charge in [-0.1, -0.05) is 6.07 Å². The molecular weight excluding hydrogens is 330 g/mol. The van der Waals surface area contributed by atoms with Gasteiger partial charge in [0.1, 0.15) is 0 Å². The molecule has 0 aromatic carbocycles. The highest BCUT2D eigenvalue weighted by Crippen LogP contribution is 2.39. The first-order valence-corrected chi connectivity index (χ1v) is 8.10. The van der Waals surface area contributed by atoms with Gasteiger partial charge in [0.15, 0.2) is 0 Å². The number of rotatable bonds is 1. The average molecular weight is 347 g/mol. The van der Waals surface area contributed by atoms with Crippen molar-refractivity contribution in [2.24, 2.45) is 5.92 Å². The fourth-order valence-electron chi connectivity index (χ4n) is 3.67. The number of pyridine rings is 2. The van der Waals surface area contributed by atoms with Gasteiger partial charge in [-0.2, -0.15) is 0 Å². The third-order valence-electron chi connectivity index (χ3n) is 4.65. The van der Waals surface area contributed by atoms with Crippen LogP contribution in [0.15, 0.2) is 41.5 Å². The maximum Gasteiger partial charge on any atom is 0.262 e. The van der Waals surface area contributed by atoms with Crippen molar-refractivity contribution in [3.8, 4) is 11.1 Å². The second-order valence-corrected chi connectivity index (χ2v) is 7.40. The Hall–Kier alpha value is -1.46. The lowest BCUT2D eigenvalue weighted by Crippen LogP contribution is -2.54. The van der Waals surface area contributed by atoms with E-state index < -0.39 is 0 Å². The normalized spacial score (nSPS) is 27.2. The van der Waals surface area contributed by atoms with E-state index in [0.717, 1.165) is 40.1 Å². The summed E-state index contributed by atoms with van der Waals surface area (Å²) in [6.45, 7) is 2.99. The van der Waals surface area contributed by atoms with E-state index in [0.29, 0.717) is 5.92 Å². The lowest BCUT2D eigenvalue weighted by Gasteiger charge is -2.42. The number of hydrogen-bond donors (Lipinski definition) is 0. The van der Waals surface area contributed by atoms with Crippen LogP contribution in [0, 0.1) is 5.92 Å². The minimum Gasteiger partial charge on any atom is -0.268 e. The average Bonchev–Trinajstić information content (AvgIpc) is 2.49. The highest BCUT2D eigenvalue weighted by molar-refractivity contribution is 9.08. The molecule has 2 aromatic rings. The van der Waals surface area contributed by atoms with Gasteiger partial charge in [-0.05, 0) is 25.0 Å². The van der Waals surface area contributed by atoms with Crippen molar-refractivity contribution in [2.45, 2.75) is 19.4 Å². The van der Waals surface area contributed by atoms with Crippen LogP contribution in [0.5, 0.6) is 0 Å². The molecule has 0 radical (unpaired) electrons. The standard InChI is InChI=1S/C16H17BrN3O/c17-20-8-2-3-12(11-20)10-19-15(20)6-5-14(16(19)21)13-4-1-7-18-9-13/h1,4-7,9,12H,2-3,8,10-11H2/q+1. The quantitative estimate of drug-likeness (QED) is 0.744. The third-order valence-corrected chi connectivity index (χ3v) is 5.66. The second-order valence-electron chi connectivity index (χ2n) is 6.04. The molecule has 0 spiro atoms. The van der Waals surface area contributed by atoms with Gasteiger partial charge in [-0.15, -0.1) is 0 Å². The van der Waals surface area contributed by atoms with Gasteiger partial charge in [0, 0.05) is 42.0 Å². The predicted octanol–water partition coefficient (Wildman–Crippen LogP) is 2.95. The van der Waals surface area contributed by atoms with E-state index in [-0.39, 0.29) is 5.56 Å². The summed E-state index contributed by atoms with van der Waals surface area (Å²) in [5, 5.41) is 0. The largest absolute Gasteiger partial charge is 0.268 e. The van der Waals surface area contributed by atoms with Crippen molar-refractivity contribution in [3.05, 3.63) is 47.0 Å². The number of quaternary nitrogens is 1. The summed E-state index contributed by atoms with van der Waals surface area (Å²) in [7, 11) is 0. The van der Waals surface area contributed by atoms with Crippen LogP contribution in [0.1, 0.15) is 12.8 Å². The van der Waals surface area contributed by atoms with E-state index in [1.54, 1.807) is 12.4 Å². The van der Waals surface area contributed by atoms with Gasteiger partial charge in [0.2, 0.25) is 22.0 Å². The fourth-order valence-corrected chi connectivity index (χ4v) is 4.64. The number of nitrogens with zero attached hydrogens (tertiary/aromatic N) is 3. The maximum absolute atomic E-state index is 12.9. The molecule has 21 heavy (non-hydrogen) atoms. The Morgan fingerprint density at radius 1 is 1.33 bits per heavy atom. The van der Waals surface area contributed by atoms with Crippen molar-refractivity contribution in [2.75, 3.05) is 13.1 Å². The SMILES string of the molecule is O=c1c(-c2cccnc2)ccc2n1CC1CCC[N+]2(Br)C1. The molecule has 4 rings (SSSR count). The van der Waals surface area contributed by atoms with Crippen molar-refractivity contribution in [1.29, 1.82) is 0 Å². The topological polar surface area (TPSA) is 34.9 Å². The van der Waals surface area contributed by atoms with E-state index in [9.17, 15) is 4.79 Å². The van der Waals surface area contributed by atoms with Crippen LogP contribution in [-0.4, -0.2) is 22.6 Å². The Morgan fingerprint density at radius 3 is 3.05 bits per heavy atom. The summed E-state index contributed by atoms with van der Waals surface area (Å²) < 4.78 is 2.69. The van der Waals surface area contributed by atoms with Crippen LogP contribution >= 0.6 is 16.1 Å². The zero-order valence-electron chi connectivity index (χ0n) is 11.7. The van der Waals surface area contributed by atoms with Crippen LogP contribution in [0.3, 0.4) is 0 Å². The molecule has 2 bridgehead atoms. The summed E-state index contributed by atoms with van der Waals surface area (Å²) in [5.74, 6) is 1.68. The minimum absolute atomic E-state index is 0.106. The van der Waals surface area contributed by atoms with Crippen molar-refractivity contribution >= 4 is 22.0 Å². The lowest BCUT2D eigenvalue weighted by atomic mass is 9.95. The van der Waals surface area contributed by atoms with Crippen LogP contribution < -0.4 is 9.07 Å². The van der Waals surface area contributed by atoms with E-state index in [1.807, 2.05) is 22.8 Å². The second kappa shape index (κ2) is 4.78. The maximum atomic E-state index is 12.9. The van der Waals surface area contributed by atoms with Gasteiger partial charge in [0.25, 0.3) is 5.56 Å². The molecule has 0 N–H and O–H groups in total. The highest BCUT2D eigenvalue weighted by atomic mass is 79.9. The van der Waals surface area contributed by atoms with Crippen LogP contribution in [0.25, 0.3) is 11.1 Å². The summed E-state index contributed by atoms with van der Waals surface area (Å²) in [6, 6.07) is 7.86. The number of halogens is 1. The zero-order chi connectivity index (χ0) is 14.4. The molecule has 2 aliphatic rings. The number of hydrogen-bond acceptors (Lipinski definition) is 2. The first kappa shape index (κ1) is 13.2. The molecule has 108 valence electrons. The number of piperidine rings is 1. The Morgan fingerprint density at radius 2 is 2.24 bits per heavy atom. The van der Waals surface area contributed by atoms with E-state index in [1.165, 1.54) is 12.8 Å². The van der Waals surface area contributed by atoms with E-state index in [4.69, 9.17) is 0 Å². The van der Waals surface area contributed by atoms with Gasteiger partial charge < -0.3 is 0 Å².